The average molecular weight is 396 g/mol. The molecule has 1 aromatic carbocycles. The van der Waals surface area contributed by atoms with Crippen LogP contribution in [0.15, 0.2) is 35.9 Å². The lowest BCUT2D eigenvalue weighted by Gasteiger charge is -2.30. The molecule has 4 heteroatoms. The number of likely N-dealkylation sites (tertiary alicyclic amines) is 1. The Hall–Kier alpha value is -1.65. The highest BCUT2D eigenvalue weighted by Crippen LogP contribution is 2.39. The van der Waals surface area contributed by atoms with Gasteiger partial charge >= 0.3 is 0 Å². The lowest BCUT2D eigenvalue weighted by atomic mass is 9.91. The number of nitrogens with zero attached hydrogens (tertiary/aromatic N) is 1. The van der Waals surface area contributed by atoms with Gasteiger partial charge in [-0.25, -0.2) is 0 Å². The Morgan fingerprint density at radius 2 is 1.76 bits per heavy atom. The molecule has 3 aliphatic rings. The highest BCUT2D eigenvalue weighted by molar-refractivity contribution is 5.76. The van der Waals surface area contributed by atoms with Crippen molar-refractivity contribution in [1.82, 2.24) is 15.5 Å². The van der Waals surface area contributed by atoms with Crippen LogP contribution in [0.1, 0.15) is 63.9 Å². The number of nitrogens with one attached hydrogen (secondary N) is 2. The summed E-state index contributed by atoms with van der Waals surface area (Å²) in [6.45, 7) is 5.06. The van der Waals surface area contributed by atoms with Gasteiger partial charge in [-0.2, -0.15) is 0 Å². The first-order chi connectivity index (χ1) is 14.2. The van der Waals surface area contributed by atoms with Gasteiger partial charge in [0.25, 0.3) is 0 Å². The van der Waals surface area contributed by atoms with E-state index in [-0.39, 0.29) is 0 Å². The van der Waals surface area contributed by atoms with Crippen LogP contribution >= 0.6 is 0 Å². The van der Waals surface area contributed by atoms with Crippen molar-refractivity contribution in [3.63, 3.8) is 0 Å². The maximum Gasteiger partial charge on any atom is 0.223 e. The number of hydrogen-bond donors (Lipinski definition) is 2. The van der Waals surface area contributed by atoms with Gasteiger partial charge in [-0.1, -0.05) is 42.0 Å². The van der Waals surface area contributed by atoms with E-state index in [1.165, 1.54) is 56.1 Å². The van der Waals surface area contributed by atoms with Gasteiger partial charge in [0.1, 0.15) is 0 Å². The Balaban J connectivity index is 1.11. The predicted octanol–water partition coefficient (Wildman–Crippen LogP) is 3.98. The second kappa shape index (κ2) is 9.90. The molecule has 2 aliphatic carbocycles. The third-order valence-corrected chi connectivity index (χ3v) is 6.98. The van der Waals surface area contributed by atoms with Crippen LogP contribution in [0.25, 0.3) is 6.08 Å². The molecule has 1 aromatic rings. The average Bonchev–Trinajstić information content (AvgIpc) is 3.28. The molecule has 4 rings (SSSR count). The van der Waals surface area contributed by atoms with Gasteiger partial charge in [0.15, 0.2) is 0 Å². The summed E-state index contributed by atoms with van der Waals surface area (Å²) in [6.07, 6.45) is 11.6. The fourth-order valence-corrected chi connectivity index (χ4v) is 5.08. The number of carbonyl (C=O) groups excluding carboxylic acids is 1. The minimum Gasteiger partial charge on any atom is -0.343 e. The molecule has 2 saturated carbocycles. The second-order valence-electron chi connectivity index (χ2n) is 9.25. The van der Waals surface area contributed by atoms with Crippen LogP contribution in [-0.2, 0) is 4.79 Å². The third kappa shape index (κ3) is 5.93. The summed E-state index contributed by atoms with van der Waals surface area (Å²) in [4.78, 5) is 14.2. The SMILES string of the molecule is C/C(=C\c1ccccc1)C1CC1N[C@H]1CC[C@@H](NCCC(=O)N2CCCC2)CC1. The van der Waals surface area contributed by atoms with Crippen LogP contribution in [0, 0.1) is 5.92 Å². The van der Waals surface area contributed by atoms with Gasteiger partial charge in [-0.15, -0.1) is 0 Å². The zero-order valence-electron chi connectivity index (χ0n) is 17.9. The van der Waals surface area contributed by atoms with E-state index in [1.807, 2.05) is 4.90 Å². The summed E-state index contributed by atoms with van der Waals surface area (Å²) in [5.74, 6) is 1.05. The van der Waals surface area contributed by atoms with Gasteiger partial charge in [0, 0.05) is 44.2 Å². The Labute approximate surface area is 176 Å². The standard InChI is InChI=1S/C25H37N3O/c1-19(17-20-7-3-2-4-8-20)23-18-24(23)27-22-11-9-21(10-12-22)26-14-13-25(29)28-15-5-6-16-28/h2-4,7-8,17,21-24,26-27H,5-6,9-16,18H2,1H3/b19-17+/t21-,22+,23?,24?. The van der Waals surface area contributed by atoms with Crippen molar-refractivity contribution in [1.29, 1.82) is 0 Å². The zero-order chi connectivity index (χ0) is 20.1. The lowest BCUT2D eigenvalue weighted by molar-refractivity contribution is -0.130. The van der Waals surface area contributed by atoms with Crippen molar-refractivity contribution in [2.75, 3.05) is 19.6 Å². The molecule has 4 nitrogen and oxygen atoms in total. The van der Waals surface area contributed by atoms with E-state index < -0.39 is 0 Å². The number of carbonyl (C=O) groups is 1. The largest absolute Gasteiger partial charge is 0.343 e. The van der Waals surface area contributed by atoms with Gasteiger partial charge in [0.2, 0.25) is 5.91 Å². The quantitative estimate of drug-likeness (QED) is 0.700. The monoisotopic (exact) mass is 395 g/mol. The van der Waals surface area contributed by atoms with Crippen LogP contribution < -0.4 is 10.6 Å². The predicted molar refractivity (Wildman–Crippen MR) is 120 cm³/mol. The molecular weight excluding hydrogens is 358 g/mol. The molecule has 1 heterocycles. The van der Waals surface area contributed by atoms with E-state index >= 15 is 0 Å². The first-order valence-electron chi connectivity index (χ1n) is 11.7. The number of rotatable bonds is 8. The van der Waals surface area contributed by atoms with E-state index in [0.717, 1.165) is 19.6 Å². The molecule has 2 N–H and O–H groups in total. The summed E-state index contributed by atoms with van der Waals surface area (Å²) in [5, 5.41) is 7.55. The highest BCUT2D eigenvalue weighted by Gasteiger charge is 2.39. The summed E-state index contributed by atoms with van der Waals surface area (Å²) in [6, 6.07) is 12.6. The maximum absolute atomic E-state index is 12.1. The summed E-state index contributed by atoms with van der Waals surface area (Å²) in [5.41, 5.74) is 2.82. The minimum absolute atomic E-state index is 0.337. The van der Waals surface area contributed by atoms with Gasteiger partial charge in [-0.3, -0.25) is 4.79 Å². The van der Waals surface area contributed by atoms with E-state index in [9.17, 15) is 4.79 Å². The molecule has 29 heavy (non-hydrogen) atoms. The first-order valence-corrected chi connectivity index (χ1v) is 11.7. The molecule has 0 bridgehead atoms. The number of hydrogen-bond acceptors (Lipinski definition) is 3. The maximum atomic E-state index is 12.1. The molecule has 0 aromatic heterocycles. The lowest BCUT2D eigenvalue weighted by Crippen LogP contribution is -2.42. The fraction of sp³-hybridized carbons (Fsp3) is 0.640. The molecule has 0 spiro atoms. The summed E-state index contributed by atoms with van der Waals surface area (Å²) >= 11 is 0. The normalized spacial score (nSPS) is 29.8. The summed E-state index contributed by atoms with van der Waals surface area (Å²) < 4.78 is 0. The van der Waals surface area contributed by atoms with Crippen molar-refractivity contribution < 1.29 is 4.79 Å². The topological polar surface area (TPSA) is 44.4 Å². The fourth-order valence-electron chi connectivity index (χ4n) is 5.08. The van der Waals surface area contributed by atoms with E-state index in [0.29, 0.717) is 36.4 Å². The van der Waals surface area contributed by atoms with Gasteiger partial charge in [-0.05, 0) is 63.4 Å². The van der Waals surface area contributed by atoms with Crippen molar-refractivity contribution in [3.05, 3.63) is 41.5 Å². The first kappa shape index (κ1) is 20.6. The molecular formula is C25H37N3O. The Morgan fingerprint density at radius 1 is 1.07 bits per heavy atom. The highest BCUT2D eigenvalue weighted by atomic mass is 16.2. The van der Waals surface area contributed by atoms with Crippen LogP contribution in [0.5, 0.6) is 0 Å². The number of amides is 1. The van der Waals surface area contributed by atoms with E-state index in [1.54, 1.807) is 0 Å². The Kier molecular flexibility index (Phi) is 7.04. The van der Waals surface area contributed by atoms with Crippen molar-refractivity contribution in [3.8, 4) is 0 Å². The zero-order valence-corrected chi connectivity index (χ0v) is 17.9. The Morgan fingerprint density at radius 3 is 2.48 bits per heavy atom. The second-order valence-corrected chi connectivity index (χ2v) is 9.25. The molecule has 1 saturated heterocycles. The van der Waals surface area contributed by atoms with Crippen molar-refractivity contribution in [2.24, 2.45) is 5.92 Å². The molecule has 3 fully saturated rings. The molecule has 2 atom stereocenters. The number of benzene rings is 1. The molecule has 2 unspecified atom stereocenters. The van der Waals surface area contributed by atoms with Crippen molar-refractivity contribution in [2.45, 2.75) is 76.4 Å². The Bertz CT molecular complexity index is 687. The molecule has 0 radical (unpaired) electrons. The van der Waals surface area contributed by atoms with Crippen LogP contribution in [0.2, 0.25) is 0 Å². The van der Waals surface area contributed by atoms with Crippen LogP contribution in [0.3, 0.4) is 0 Å². The van der Waals surface area contributed by atoms with E-state index in [4.69, 9.17) is 0 Å². The third-order valence-electron chi connectivity index (χ3n) is 6.98. The van der Waals surface area contributed by atoms with Gasteiger partial charge in [0.05, 0.1) is 0 Å². The van der Waals surface area contributed by atoms with Gasteiger partial charge < -0.3 is 15.5 Å². The van der Waals surface area contributed by atoms with E-state index in [2.05, 4.69) is 54.0 Å². The smallest absolute Gasteiger partial charge is 0.223 e. The molecule has 1 aliphatic heterocycles. The minimum atomic E-state index is 0.337. The van der Waals surface area contributed by atoms with Crippen LogP contribution in [-0.4, -0.2) is 48.6 Å². The molecule has 158 valence electrons. The van der Waals surface area contributed by atoms with Crippen LogP contribution in [0.4, 0.5) is 0 Å². The summed E-state index contributed by atoms with van der Waals surface area (Å²) in [7, 11) is 0. The molecule has 1 amide bonds. The van der Waals surface area contributed by atoms with Crippen molar-refractivity contribution >= 4 is 12.0 Å².